The van der Waals surface area contributed by atoms with Crippen molar-refractivity contribution in [3.05, 3.63) is 0 Å². The molecule has 0 aromatic rings. The van der Waals surface area contributed by atoms with Crippen molar-refractivity contribution in [2.45, 2.75) is 0 Å². The molecule has 0 bridgehead atoms. The molecule has 1 aliphatic heterocycles. The summed E-state index contributed by atoms with van der Waals surface area (Å²) in [6.45, 7) is 0. The Bertz CT molecular complexity index is 80.7. The van der Waals surface area contributed by atoms with E-state index < -0.39 is 7.74 Å². The third-order valence-electron chi connectivity index (χ3n) is 0.275. The van der Waals surface area contributed by atoms with Crippen LogP contribution in [0, 0.1) is 0 Å². The van der Waals surface area contributed by atoms with Gasteiger partial charge in [-0.3, -0.25) is 0 Å². The monoisotopic (exact) mass is 224 g/mol. The van der Waals surface area contributed by atoms with Gasteiger partial charge in [0.05, 0.1) is 0 Å². The van der Waals surface area contributed by atoms with Gasteiger partial charge in [0.25, 0.3) is 0 Å². The van der Waals surface area contributed by atoms with Gasteiger partial charge in [0.15, 0.2) is 17.4 Å². The van der Waals surface area contributed by atoms with E-state index in [1.165, 1.54) is 0 Å². The van der Waals surface area contributed by atoms with E-state index >= 15 is 0 Å². The average Bonchev–Trinajstić information content (AvgIpc) is 1.73. The predicted molar refractivity (Wildman–Crippen MR) is 42.8 cm³/mol. The van der Waals surface area contributed by atoms with E-state index in [1.807, 2.05) is 0 Å². The molecular weight excluding hydrogens is 215 g/mol. The molecule has 1 saturated heterocycles. The van der Waals surface area contributed by atoms with Gasteiger partial charge in [-0.2, -0.15) is 0 Å². The van der Waals surface area contributed by atoms with Crippen molar-refractivity contribution in [1.82, 2.24) is 0 Å². The zero-order valence-corrected chi connectivity index (χ0v) is 3.50. The van der Waals surface area contributed by atoms with E-state index in [0.29, 0.717) is 0 Å². The Morgan fingerprint density at radius 3 is 1.11 bits per heavy atom. The standard InChI is InChI=1S/Al.Ga.Li.H3O5P.7H/c;;;1-6(2,3)4-5-6;;;;;;;/h;;;1-3H;;;;;;;. The van der Waals surface area contributed by atoms with Gasteiger partial charge < -0.3 is 0 Å². The Hall–Kier alpha value is 2.00. The van der Waals surface area contributed by atoms with E-state index in [4.69, 9.17) is 14.7 Å². The van der Waals surface area contributed by atoms with Crippen molar-refractivity contribution >= 4 is 63.8 Å². The molecule has 0 unspecified atom stereocenters. The van der Waals surface area contributed by atoms with Crippen LogP contribution < -0.4 is 0 Å². The van der Waals surface area contributed by atoms with Crippen LogP contribution in [-0.2, 0) is 9.35 Å². The minimum atomic E-state index is -4.80. The third kappa shape index (κ3) is 7.90. The fraction of sp³-hybridized carbons (Fsp3) is 0. The number of hydrogen-bond acceptors (Lipinski definition) is 5. The molecule has 0 atom stereocenters. The van der Waals surface area contributed by atoms with Gasteiger partial charge in [-0.1, -0.05) is 0 Å². The summed E-state index contributed by atoms with van der Waals surface area (Å²) in [5, 5.41) is 0. The van der Waals surface area contributed by atoms with Crippen molar-refractivity contribution in [1.29, 1.82) is 0 Å². The molecule has 1 rings (SSSR count). The Kier molecular flexibility index (Phi) is 7.89. The van der Waals surface area contributed by atoms with Gasteiger partial charge >= 0.3 is 70.4 Å². The Morgan fingerprint density at radius 1 is 1.00 bits per heavy atom. The van der Waals surface area contributed by atoms with Crippen molar-refractivity contribution in [2.24, 2.45) is 0 Å². The quantitative estimate of drug-likeness (QED) is 0.169. The van der Waals surface area contributed by atoms with Gasteiger partial charge in [0.1, 0.15) is 0 Å². The summed E-state index contributed by atoms with van der Waals surface area (Å²) in [5.41, 5.74) is 0. The second kappa shape index (κ2) is 4.13. The zero-order valence-electron chi connectivity index (χ0n) is 2.61. The average molecular weight is 225 g/mol. The minimum absolute atomic E-state index is 0. The third-order valence-corrected chi connectivity index (χ3v) is 0.824. The van der Waals surface area contributed by atoms with E-state index in [0.717, 1.165) is 0 Å². The van der Waals surface area contributed by atoms with E-state index in [2.05, 4.69) is 9.35 Å². The molecule has 0 aliphatic carbocycles. The second-order valence-corrected chi connectivity index (χ2v) is 2.95. The van der Waals surface area contributed by atoms with E-state index in [-0.39, 0.29) is 56.0 Å². The molecule has 0 saturated carbocycles. The van der Waals surface area contributed by atoms with Crippen LogP contribution in [0.15, 0.2) is 0 Å². The summed E-state index contributed by atoms with van der Waals surface area (Å²) in [7, 11) is -4.80. The maximum atomic E-state index is 7.89. The van der Waals surface area contributed by atoms with Crippen molar-refractivity contribution < 1.29 is 24.0 Å². The predicted octanol–water partition coefficient (Wildman–Crippen LogP) is -3.96. The normalized spacial score (nSPS) is 28.6. The Labute approximate surface area is 87.4 Å². The fourth-order valence-electron chi connectivity index (χ4n) is 0.0447. The molecule has 0 spiro atoms. The Morgan fingerprint density at radius 2 is 1.11 bits per heavy atom. The SMILES string of the molecule is OP1(O)(O)OO1.[AlH3].[GaH3].[LiH]. The summed E-state index contributed by atoms with van der Waals surface area (Å²) in [4.78, 5) is 23.7. The molecule has 3 N–H and O–H groups in total. The molecule has 9 heteroatoms. The van der Waals surface area contributed by atoms with Crippen molar-refractivity contribution in [3.63, 3.8) is 0 Å². The van der Waals surface area contributed by atoms with Crippen LogP contribution in [0.1, 0.15) is 0 Å². The summed E-state index contributed by atoms with van der Waals surface area (Å²) in [5.74, 6) is 0. The molecule has 1 fully saturated rings. The first-order chi connectivity index (χ1) is 2.47. The van der Waals surface area contributed by atoms with Gasteiger partial charge in [0, 0.05) is 0 Å². The Balaban J connectivity index is -0.000000120. The van der Waals surface area contributed by atoms with Crippen LogP contribution in [0.3, 0.4) is 0 Å². The molecule has 1 aliphatic rings. The molecule has 0 amide bonds. The van der Waals surface area contributed by atoms with Crippen LogP contribution in [-0.4, -0.2) is 70.7 Å². The van der Waals surface area contributed by atoms with Gasteiger partial charge in [-0.05, 0) is 0 Å². The molecule has 1 heterocycles. The number of rotatable bonds is 0. The first kappa shape index (κ1) is 17.2. The van der Waals surface area contributed by atoms with E-state index in [1.54, 1.807) is 0 Å². The number of hydrogen-bond donors (Lipinski definition) is 3. The van der Waals surface area contributed by atoms with Crippen molar-refractivity contribution in [2.75, 3.05) is 0 Å². The van der Waals surface area contributed by atoms with Crippen LogP contribution in [0.5, 0.6) is 0 Å². The molecule has 0 radical (unpaired) electrons. The summed E-state index contributed by atoms with van der Waals surface area (Å²) in [6, 6.07) is 0. The molecule has 5 nitrogen and oxygen atoms in total. The van der Waals surface area contributed by atoms with E-state index in [9.17, 15) is 0 Å². The van der Waals surface area contributed by atoms with Crippen LogP contribution in [0.4, 0.5) is 0 Å². The summed E-state index contributed by atoms with van der Waals surface area (Å²) >= 11 is 0. The second-order valence-electron chi connectivity index (χ2n) is 0.982. The summed E-state index contributed by atoms with van der Waals surface area (Å²) in [6.07, 6.45) is 0. The first-order valence-electron chi connectivity index (χ1n) is 1.13. The zero-order chi connectivity index (χ0) is 4.86. The van der Waals surface area contributed by atoms with Crippen LogP contribution >= 0.6 is 7.74 Å². The molecule has 52 valence electrons. The fourth-order valence-corrected chi connectivity index (χ4v) is 0.402. The molecular formula is H10AlGaLiO5P. The van der Waals surface area contributed by atoms with Gasteiger partial charge in [-0.15, -0.1) is 0 Å². The van der Waals surface area contributed by atoms with Crippen molar-refractivity contribution in [3.8, 4) is 0 Å². The maximum absolute atomic E-state index is 7.89. The van der Waals surface area contributed by atoms with Crippen LogP contribution in [0.25, 0.3) is 0 Å². The molecule has 0 aromatic heterocycles. The van der Waals surface area contributed by atoms with Crippen LogP contribution in [0.2, 0.25) is 0 Å². The van der Waals surface area contributed by atoms with Gasteiger partial charge in [0.2, 0.25) is 0 Å². The molecule has 0 aromatic carbocycles. The topological polar surface area (TPSA) is 85.8 Å². The first-order valence-corrected chi connectivity index (χ1v) is 3.06. The summed E-state index contributed by atoms with van der Waals surface area (Å²) < 4.78 is 6.76. The van der Waals surface area contributed by atoms with Gasteiger partial charge in [-0.25, -0.2) is 0 Å². The molecule has 9 heavy (non-hydrogen) atoms.